The zero-order valence-corrected chi connectivity index (χ0v) is 14.5. The Morgan fingerprint density at radius 3 is 2.45 bits per heavy atom. The number of hydrogen-bond acceptors (Lipinski definition) is 2. The zero-order valence-electron chi connectivity index (χ0n) is 14.5. The number of aromatic nitrogens is 2. The fraction of sp³-hybridized carbons (Fsp3) is 0.765. The predicted molar refractivity (Wildman–Crippen MR) is 94.1 cm³/mol. The molecule has 126 valence electrons. The average molecular weight is 307 g/mol. The van der Waals surface area contributed by atoms with Crippen LogP contribution in [0.25, 0.3) is 0 Å². The molecule has 1 heterocycles. The lowest BCUT2D eigenvalue weighted by Gasteiger charge is -2.12. The topological polar surface area (TPSA) is 54.2 Å². The Hall–Kier alpha value is -1.52. The molecule has 5 nitrogen and oxygen atoms in total. The Labute approximate surface area is 135 Å². The van der Waals surface area contributed by atoms with Crippen molar-refractivity contribution >= 4 is 5.96 Å². The maximum absolute atomic E-state index is 4.26. The maximum Gasteiger partial charge on any atom is 0.190 e. The third kappa shape index (κ3) is 9.42. The summed E-state index contributed by atoms with van der Waals surface area (Å²) in [6, 6.07) is 0. The Kier molecular flexibility index (Phi) is 10.2. The van der Waals surface area contributed by atoms with Crippen LogP contribution in [0, 0.1) is 5.92 Å². The molecular formula is C17H33N5. The standard InChI is InChI=1S/C17H33N5/c1-16(2)9-6-4-5-7-10-20-17(18-3)21-11-8-13-22-14-12-19-15-22/h12,14-16H,4-11,13H2,1-3H3,(H2,18,20,21). The van der Waals surface area contributed by atoms with Crippen LogP contribution in [0.1, 0.15) is 52.4 Å². The van der Waals surface area contributed by atoms with Gasteiger partial charge >= 0.3 is 0 Å². The summed E-state index contributed by atoms with van der Waals surface area (Å²) in [5.74, 6) is 1.75. The molecule has 0 amide bonds. The van der Waals surface area contributed by atoms with Gasteiger partial charge in [0.1, 0.15) is 0 Å². The normalized spacial score (nSPS) is 11.9. The molecule has 0 aliphatic rings. The van der Waals surface area contributed by atoms with Gasteiger partial charge in [-0.2, -0.15) is 0 Å². The Morgan fingerprint density at radius 1 is 1.09 bits per heavy atom. The van der Waals surface area contributed by atoms with Gasteiger partial charge in [-0.05, 0) is 18.8 Å². The fourth-order valence-corrected chi connectivity index (χ4v) is 2.35. The molecule has 0 atom stereocenters. The molecule has 0 aliphatic heterocycles. The summed E-state index contributed by atoms with van der Waals surface area (Å²) in [7, 11) is 1.83. The van der Waals surface area contributed by atoms with Crippen LogP contribution in [0.2, 0.25) is 0 Å². The summed E-state index contributed by atoms with van der Waals surface area (Å²) in [6.07, 6.45) is 13.3. The lowest BCUT2D eigenvalue weighted by Crippen LogP contribution is -2.38. The largest absolute Gasteiger partial charge is 0.356 e. The summed E-state index contributed by atoms with van der Waals surface area (Å²) < 4.78 is 2.09. The minimum Gasteiger partial charge on any atom is -0.356 e. The number of nitrogens with zero attached hydrogens (tertiary/aromatic N) is 3. The van der Waals surface area contributed by atoms with Crippen LogP contribution in [-0.4, -0.2) is 35.6 Å². The van der Waals surface area contributed by atoms with Gasteiger partial charge in [0.05, 0.1) is 6.33 Å². The van der Waals surface area contributed by atoms with E-state index in [0.29, 0.717) is 0 Å². The summed E-state index contributed by atoms with van der Waals surface area (Å²) in [6.45, 7) is 7.50. The molecule has 1 aromatic rings. The second kappa shape index (κ2) is 12.1. The highest BCUT2D eigenvalue weighted by atomic mass is 15.2. The van der Waals surface area contributed by atoms with Crippen LogP contribution in [0.15, 0.2) is 23.7 Å². The van der Waals surface area contributed by atoms with Crippen molar-refractivity contribution in [1.29, 1.82) is 0 Å². The van der Waals surface area contributed by atoms with E-state index in [1.54, 1.807) is 0 Å². The van der Waals surface area contributed by atoms with Gasteiger partial charge in [-0.3, -0.25) is 4.99 Å². The van der Waals surface area contributed by atoms with Gasteiger partial charge in [-0.25, -0.2) is 4.98 Å². The Bertz CT molecular complexity index is 384. The molecule has 0 aromatic carbocycles. The average Bonchev–Trinajstić information content (AvgIpc) is 3.01. The van der Waals surface area contributed by atoms with Gasteiger partial charge in [-0.15, -0.1) is 0 Å². The van der Waals surface area contributed by atoms with Crippen LogP contribution in [0.3, 0.4) is 0 Å². The SMILES string of the molecule is CN=C(NCCCCCCC(C)C)NCCCn1ccnc1. The van der Waals surface area contributed by atoms with Gasteiger partial charge in [0.25, 0.3) is 0 Å². The van der Waals surface area contributed by atoms with Crippen LogP contribution < -0.4 is 10.6 Å². The summed E-state index contributed by atoms with van der Waals surface area (Å²) >= 11 is 0. The molecule has 0 radical (unpaired) electrons. The molecule has 22 heavy (non-hydrogen) atoms. The first-order chi connectivity index (χ1) is 10.7. The molecule has 2 N–H and O–H groups in total. The van der Waals surface area contributed by atoms with E-state index < -0.39 is 0 Å². The van der Waals surface area contributed by atoms with Crippen molar-refractivity contribution in [1.82, 2.24) is 20.2 Å². The first kappa shape index (κ1) is 18.5. The quantitative estimate of drug-likeness (QED) is 0.375. The summed E-state index contributed by atoms with van der Waals surface area (Å²) in [5, 5.41) is 6.74. The van der Waals surface area contributed by atoms with Crippen LogP contribution in [-0.2, 0) is 6.54 Å². The number of aryl methyl sites for hydroxylation is 1. The molecule has 0 fully saturated rings. The van der Waals surface area contributed by atoms with E-state index in [1.807, 2.05) is 25.8 Å². The summed E-state index contributed by atoms with van der Waals surface area (Å²) in [4.78, 5) is 8.29. The van der Waals surface area contributed by atoms with Crippen molar-refractivity contribution in [3.05, 3.63) is 18.7 Å². The van der Waals surface area contributed by atoms with E-state index in [4.69, 9.17) is 0 Å². The number of aliphatic imine (C=N–C) groups is 1. The monoisotopic (exact) mass is 307 g/mol. The fourth-order valence-electron chi connectivity index (χ4n) is 2.35. The highest BCUT2D eigenvalue weighted by Gasteiger charge is 1.98. The van der Waals surface area contributed by atoms with Crippen molar-refractivity contribution in [2.75, 3.05) is 20.1 Å². The second-order valence-electron chi connectivity index (χ2n) is 6.18. The van der Waals surface area contributed by atoms with Gasteiger partial charge < -0.3 is 15.2 Å². The lowest BCUT2D eigenvalue weighted by molar-refractivity contribution is 0.518. The van der Waals surface area contributed by atoms with E-state index in [2.05, 4.69) is 39.0 Å². The van der Waals surface area contributed by atoms with Crippen molar-refractivity contribution in [2.24, 2.45) is 10.9 Å². The van der Waals surface area contributed by atoms with Gasteiger partial charge in [0.2, 0.25) is 0 Å². The summed E-state index contributed by atoms with van der Waals surface area (Å²) in [5.41, 5.74) is 0. The van der Waals surface area contributed by atoms with Crippen molar-refractivity contribution in [3.63, 3.8) is 0 Å². The molecule has 0 saturated heterocycles. The molecule has 5 heteroatoms. The molecular weight excluding hydrogens is 274 g/mol. The Balaban J connectivity index is 1.96. The van der Waals surface area contributed by atoms with Crippen molar-refractivity contribution in [2.45, 2.75) is 58.9 Å². The van der Waals surface area contributed by atoms with Crippen LogP contribution in [0.4, 0.5) is 0 Å². The second-order valence-corrected chi connectivity index (χ2v) is 6.18. The highest BCUT2D eigenvalue weighted by Crippen LogP contribution is 2.08. The minimum absolute atomic E-state index is 0.837. The number of unbranched alkanes of at least 4 members (excludes halogenated alkanes) is 3. The highest BCUT2D eigenvalue weighted by molar-refractivity contribution is 5.79. The number of guanidine groups is 1. The first-order valence-corrected chi connectivity index (χ1v) is 8.62. The molecule has 1 rings (SSSR count). The first-order valence-electron chi connectivity index (χ1n) is 8.62. The third-order valence-corrected chi connectivity index (χ3v) is 3.67. The van der Waals surface area contributed by atoms with Gasteiger partial charge in [-0.1, -0.05) is 39.5 Å². The van der Waals surface area contributed by atoms with E-state index in [1.165, 1.54) is 32.1 Å². The molecule has 0 spiro atoms. The number of nitrogens with one attached hydrogen (secondary N) is 2. The van der Waals surface area contributed by atoms with Crippen LogP contribution >= 0.6 is 0 Å². The lowest BCUT2D eigenvalue weighted by atomic mass is 10.0. The van der Waals surface area contributed by atoms with E-state index in [-0.39, 0.29) is 0 Å². The molecule has 0 saturated carbocycles. The smallest absolute Gasteiger partial charge is 0.190 e. The van der Waals surface area contributed by atoms with Crippen molar-refractivity contribution < 1.29 is 0 Å². The van der Waals surface area contributed by atoms with E-state index in [0.717, 1.165) is 37.9 Å². The maximum atomic E-state index is 4.26. The van der Waals surface area contributed by atoms with Crippen LogP contribution in [0.5, 0.6) is 0 Å². The minimum atomic E-state index is 0.837. The van der Waals surface area contributed by atoms with Crippen molar-refractivity contribution in [3.8, 4) is 0 Å². The van der Waals surface area contributed by atoms with Gasteiger partial charge in [0, 0.05) is 39.1 Å². The molecule has 1 aromatic heterocycles. The molecule has 0 aliphatic carbocycles. The third-order valence-electron chi connectivity index (χ3n) is 3.67. The predicted octanol–water partition coefficient (Wildman–Crippen LogP) is 3.04. The number of hydrogen-bond donors (Lipinski definition) is 2. The Morgan fingerprint density at radius 2 is 1.82 bits per heavy atom. The number of imidazole rings is 1. The number of rotatable bonds is 11. The van der Waals surface area contributed by atoms with E-state index in [9.17, 15) is 0 Å². The van der Waals surface area contributed by atoms with E-state index >= 15 is 0 Å². The molecule has 0 bridgehead atoms. The zero-order chi connectivity index (χ0) is 16.0. The van der Waals surface area contributed by atoms with Gasteiger partial charge in [0.15, 0.2) is 5.96 Å². The molecule has 0 unspecified atom stereocenters.